The number of rotatable bonds is 9. The van der Waals surface area contributed by atoms with Crippen molar-refractivity contribution >= 4 is 17.7 Å². The molecule has 0 saturated heterocycles. The van der Waals surface area contributed by atoms with Gasteiger partial charge in [0.05, 0.1) is 13.2 Å². The lowest BCUT2D eigenvalue weighted by molar-refractivity contribution is -0.111. The topological polar surface area (TPSA) is 78.3 Å². The summed E-state index contributed by atoms with van der Waals surface area (Å²) in [7, 11) is 0. The maximum Gasteiger partial charge on any atom is 0.248 e. The maximum atomic E-state index is 12.2. The molecule has 0 radical (unpaired) electrons. The van der Waals surface area contributed by atoms with Gasteiger partial charge in [-0.25, -0.2) is 9.67 Å². The van der Waals surface area contributed by atoms with Crippen LogP contribution in [-0.4, -0.2) is 33.9 Å². The average molecular weight is 378 g/mol. The van der Waals surface area contributed by atoms with Crippen molar-refractivity contribution in [1.82, 2.24) is 14.8 Å². The molecule has 0 spiro atoms. The fourth-order valence-electron chi connectivity index (χ4n) is 2.52. The van der Waals surface area contributed by atoms with Gasteiger partial charge in [-0.05, 0) is 31.2 Å². The Balaban J connectivity index is 1.55. The van der Waals surface area contributed by atoms with Crippen LogP contribution >= 0.6 is 0 Å². The lowest BCUT2D eigenvalue weighted by atomic mass is 10.2. The summed E-state index contributed by atoms with van der Waals surface area (Å²) in [6, 6.07) is 14.8. The van der Waals surface area contributed by atoms with E-state index in [1.165, 1.54) is 12.4 Å². The number of hydrogen-bond acceptors (Lipinski definition) is 5. The van der Waals surface area contributed by atoms with Crippen molar-refractivity contribution in [2.45, 2.75) is 13.5 Å². The number of hydrogen-bond donors (Lipinski definition) is 1. The molecule has 0 fully saturated rings. The molecule has 3 rings (SSSR count). The Labute approximate surface area is 163 Å². The molecule has 1 aromatic heterocycles. The molecule has 7 nitrogen and oxygen atoms in total. The van der Waals surface area contributed by atoms with Crippen molar-refractivity contribution in [3.8, 4) is 11.5 Å². The van der Waals surface area contributed by atoms with Gasteiger partial charge in [0.1, 0.15) is 30.8 Å². The molecular formula is C21H22N4O3. The first-order valence-electron chi connectivity index (χ1n) is 9.01. The highest BCUT2D eigenvalue weighted by Crippen LogP contribution is 2.20. The first-order chi connectivity index (χ1) is 13.7. The number of nitrogens with zero attached hydrogens (tertiary/aromatic N) is 3. The Kier molecular flexibility index (Phi) is 6.78. The van der Waals surface area contributed by atoms with Crippen molar-refractivity contribution in [2.24, 2.45) is 0 Å². The predicted molar refractivity (Wildman–Crippen MR) is 107 cm³/mol. The third-order valence-corrected chi connectivity index (χ3v) is 3.79. The lowest BCUT2D eigenvalue weighted by Crippen LogP contribution is -2.10. The van der Waals surface area contributed by atoms with Crippen molar-refractivity contribution < 1.29 is 14.3 Å². The lowest BCUT2D eigenvalue weighted by Gasteiger charge is -2.08. The smallest absolute Gasteiger partial charge is 0.248 e. The number of aromatic nitrogens is 3. The van der Waals surface area contributed by atoms with Crippen LogP contribution in [0.4, 0.5) is 5.69 Å². The number of carbonyl (C=O) groups excluding carboxylic acids is 1. The number of benzene rings is 2. The Morgan fingerprint density at radius 1 is 1.18 bits per heavy atom. The van der Waals surface area contributed by atoms with E-state index in [9.17, 15) is 4.79 Å². The van der Waals surface area contributed by atoms with E-state index in [0.29, 0.717) is 31.2 Å². The molecule has 0 aliphatic rings. The number of para-hydroxylation sites is 1. The molecule has 0 unspecified atom stereocenters. The van der Waals surface area contributed by atoms with E-state index in [1.807, 2.05) is 49.4 Å². The number of anilines is 1. The minimum Gasteiger partial charge on any atom is -0.493 e. The van der Waals surface area contributed by atoms with E-state index < -0.39 is 0 Å². The van der Waals surface area contributed by atoms with E-state index in [2.05, 4.69) is 15.4 Å². The molecule has 144 valence electrons. The summed E-state index contributed by atoms with van der Waals surface area (Å²) in [6.07, 6.45) is 6.33. The first kappa shape index (κ1) is 19.2. The molecule has 2 aromatic carbocycles. The van der Waals surface area contributed by atoms with E-state index >= 15 is 0 Å². The minimum atomic E-state index is -0.230. The van der Waals surface area contributed by atoms with Gasteiger partial charge >= 0.3 is 0 Å². The normalized spacial score (nSPS) is 10.8. The van der Waals surface area contributed by atoms with Crippen molar-refractivity contribution in [2.75, 3.05) is 18.5 Å². The van der Waals surface area contributed by atoms with Gasteiger partial charge in [-0.1, -0.05) is 24.3 Å². The van der Waals surface area contributed by atoms with Crippen LogP contribution in [0.25, 0.3) is 6.08 Å². The zero-order valence-corrected chi connectivity index (χ0v) is 15.6. The summed E-state index contributed by atoms with van der Waals surface area (Å²) in [6.45, 7) is 3.54. The quantitative estimate of drug-likeness (QED) is 0.577. The summed E-state index contributed by atoms with van der Waals surface area (Å²) >= 11 is 0. The van der Waals surface area contributed by atoms with Crippen LogP contribution in [0.1, 0.15) is 12.5 Å². The molecular weight excluding hydrogens is 356 g/mol. The highest BCUT2D eigenvalue weighted by atomic mass is 16.5. The van der Waals surface area contributed by atoms with Crippen LogP contribution in [0.3, 0.4) is 0 Å². The van der Waals surface area contributed by atoms with Crippen LogP contribution in [0, 0.1) is 0 Å². The second-order valence-corrected chi connectivity index (χ2v) is 5.83. The second kappa shape index (κ2) is 9.91. The van der Waals surface area contributed by atoms with Gasteiger partial charge in [0.2, 0.25) is 5.91 Å². The third kappa shape index (κ3) is 5.70. The molecule has 7 heteroatoms. The Bertz CT molecular complexity index is 923. The number of nitrogens with one attached hydrogen (secondary N) is 1. The molecule has 0 bridgehead atoms. The van der Waals surface area contributed by atoms with Gasteiger partial charge in [-0.15, -0.1) is 0 Å². The Morgan fingerprint density at radius 3 is 2.89 bits per heavy atom. The molecule has 0 aliphatic carbocycles. The first-order valence-corrected chi connectivity index (χ1v) is 9.01. The Morgan fingerprint density at radius 2 is 2.07 bits per heavy atom. The van der Waals surface area contributed by atoms with Gasteiger partial charge < -0.3 is 14.8 Å². The molecule has 1 N–H and O–H groups in total. The number of ether oxygens (including phenoxy) is 2. The zero-order chi connectivity index (χ0) is 19.6. The zero-order valence-electron chi connectivity index (χ0n) is 15.6. The van der Waals surface area contributed by atoms with Gasteiger partial charge in [-0.3, -0.25) is 4.79 Å². The molecule has 0 atom stereocenters. The molecule has 28 heavy (non-hydrogen) atoms. The monoisotopic (exact) mass is 378 g/mol. The maximum absolute atomic E-state index is 12.2. The second-order valence-electron chi connectivity index (χ2n) is 5.83. The van der Waals surface area contributed by atoms with Crippen LogP contribution in [0.15, 0.2) is 67.3 Å². The molecule has 0 aliphatic heterocycles. The largest absolute Gasteiger partial charge is 0.493 e. The SMILES string of the molecule is CCOc1ccccc1/C=C/C(=O)Nc1cccc(OCCn2cncn2)c1. The van der Waals surface area contributed by atoms with Crippen LogP contribution in [-0.2, 0) is 11.3 Å². The van der Waals surface area contributed by atoms with Crippen LogP contribution in [0.5, 0.6) is 11.5 Å². The summed E-state index contributed by atoms with van der Waals surface area (Å²) in [4.78, 5) is 16.1. The minimum absolute atomic E-state index is 0.230. The van der Waals surface area contributed by atoms with Crippen molar-refractivity contribution in [3.05, 3.63) is 72.8 Å². The van der Waals surface area contributed by atoms with Crippen LogP contribution < -0.4 is 14.8 Å². The molecule has 1 amide bonds. The highest BCUT2D eigenvalue weighted by molar-refractivity contribution is 6.02. The van der Waals surface area contributed by atoms with Gasteiger partial charge in [0.25, 0.3) is 0 Å². The number of carbonyl (C=O) groups is 1. The van der Waals surface area contributed by atoms with Crippen LogP contribution in [0.2, 0.25) is 0 Å². The number of amides is 1. The van der Waals surface area contributed by atoms with Gasteiger partial charge in [0, 0.05) is 23.4 Å². The molecule has 1 heterocycles. The standard InChI is InChI=1S/C21H22N4O3/c1-2-27-20-9-4-3-6-17(20)10-11-21(26)24-18-7-5-8-19(14-18)28-13-12-25-16-22-15-23-25/h3-11,14-16H,2,12-13H2,1H3,(H,24,26)/b11-10+. The third-order valence-electron chi connectivity index (χ3n) is 3.79. The van der Waals surface area contributed by atoms with E-state index in [0.717, 1.165) is 11.3 Å². The fourth-order valence-corrected chi connectivity index (χ4v) is 2.52. The fraction of sp³-hybridized carbons (Fsp3) is 0.190. The molecule has 0 saturated carbocycles. The highest BCUT2D eigenvalue weighted by Gasteiger charge is 2.03. The summed E-state index contributed by atoms with van der Waals surface area (Å²) in [5.74, 6) is 1.19. The predicted octanol–water partition coefficient (Wildman–Crippen LogP) is 3.41. The molecule has 3 aromatic rings. The summed E-state index contributed by atoms with van der Waals surface area (Å²) in [5, 5.41) is 6.85. The van der Waals surface area contributed by atoms with E-state index in [4.69, 9.17) is 9.47 Å². The van der Waals surface area contributed by atoms with E-state index in [1.54, 1.807) is 23.2 Å². The van der Waals surface area contributed by atoms with Gasteiger partial charge in [-0.2, -0.15) is 5.10 Å². The van der Waals surface area contributed by atoms with E-state index in [-0.39, 0.29) is 5.91 Å². The van der Waals surface area contributed by atoms with Gasteiger partial charge in [0.15, 0.2) is 0 Å². The Hall–Kier alpha value is -3.61. The van der Waals surface area contributed by atoms with Crippen molar-refractivity contribution in [3.63, 3.8) is 0 Å². The van der Waals surface area contributed by atoms with Crippen molar-refractivity contribution in [1.29, 1.82) is 0 Å². The average Bonchev–Trinajstić information content (AvgIpc) is 3.21. The summed E-state index contributed by atoms with van der Waals surface area (Å²) < 4.78 is 12.9. The summed E-state index contributed by atoms with van der Waals surface area (Å²) in [5.41, 5.74) is 1.51.